The number of carbonyl (C=O) groups excluding carboxylic acids is 1. The lowest BCUT2D eigenvalue weighted by molar-refractivity contribution is -0.123. The second-order valence-electron chi connectivity index (χ2n) is 7.02. The van der Waals surface area contributed by atoms with E-state index in [1.165, 1.54) is 19.3 Å². The molecule has 0 aromatic rings. The second kappa shape index (κ2) is 3.96. The molecule has 0 spiro atoms. The normalized spacial score (nSPS) is 52.4. The fourth-order valence-electron chi connectivity index (χ4n) is 5.28. The molecule has 2 N–H and O–H groups in total. The van der Waals surface area contributed by atoms with Gasteiger partial charge in [0.1, 0.15) is 0 Å². The van der Waals surface area contributed by atoms with Crippen molar-refractivity contribution >= 4 is 5.91 Å². The minimum absolute atomic E-state index is 0.180. The number of fused-ring (bicyclic) bond motifs is 5. The summed E-state index contributed by atoms with van der Waals surface area (Å²) in [6, 6.07) is 0. The van der Waals surface area contributed by atoms with Crippen LogP contribution in [0.1, 0.15) is 38.5 Å². The fraction of sp³-hybridized carbons (Fsp3) is 0.933. The highest BCUT2D eigenvalue weighted by molar-refractivity contribution is 5.82. The van der Waals surface area contributed by atoms with Gasteiger partial charge in [-0.1, -0.05) is 6.42 Å². The standard InChI is InChI=1S/C15H23NO2/c17-11-3-1-2-10(11)7-16-15(18)14-12-8-4-5-9(6-8)13(12)14/h8-14,17H,1-7H2,(H,16,18). The minimum atomic E-state index is -0.180. The van der Waals surface area contributed by atoms with Crippen LogP contribution in [-0.2, 0) is 4.79 Å². The first-order chi connectivity index (χ1) is 8.75. The molecule has 6 atom stereocenters. The average molecular weight is 249 g/mol. The van der Waals surface area contributed by atoms with Crippen molar-refractivity contribution in [3.05, 3.63) is 0 Å². The first-order valence-electron chi connectivity index (χ1n) is 7.71. The van der Waals surface area contributed by atoms with Crippen molar-refractivity contribution in [2.45, 2.75) is 44.6 Å². The summed E-state index contributed by atoms with van der Waals surface area (Å²) < 4.78 is 0. The Hall–Kier alpha value is -0.570. The van der Waals surface area contributed by atoms with Crippen molar-refractivity contribution in [1.82, 2.24) is 5.32 Å². The summed E-state index contributed by atoms with van der Waals surface area (Å²) in [6.45, 7) is 0.700. The molecule has 1 amide bonds. The summed E-state index contributed by atoms with van der Waals surface area (Å²) in [5, 5.41) is 12.9. The van der Waals surface area contributed by atoms with Gasteiger partial charge in [-0.25, -0.2) is 0 Å². The molecule has 0 aliphatic heterocycles. The predicted molar refractivity (Wildman–Crippen MR) is 67.7 cm³/mol. The number of aliphatic hydroxyl groups excluding tert-OH is 1. The second-order valence-corrected chi connectivity index (χ2v) is 7.02. The van der Waals surface area contributed by atoms with Gasteiger partial charge in [-0.2, -0.15) is 0 Å². The molecule has 4 fully saturated rings. The maximum atomic E-state index is 12.2. The molecule has 3 nitrogen and oxygen atoms in total. The number of carbonyl (C=O) groups is 1. The van der Waals surface area contributed by atoms with Gasteiger partial charge in [0.25, 0.3) is 0 Å². The summed E-state index contributed by atoms with van der Waals surface area (Å²) in [6.07, 6.45) is 7.07. The Morgan fingerprint density at radius 2 is 1.83 bits per heavy atom. The van der Waals surface area contributed by atoms with E-state index in [0.29, 0.717) is 24.3 Å². The zero-order valence-corrected chi connectivity index (χ0v) is 10.8. The highest BCUT2D eigenvalue weighted by Crippen LogP contribution is 2.69. The first-order valence-corrected chi connectivity index (χ1v) is 7.71. The van der Waals surface area contributed by atoms with Crippen molar-refractivity contribution in [2.24, 2.45) is 35.5 Å². The molecule has 4 aliphatic rings. The maximum absolute atomic E-state index is 12.2. The predicted octanol–water partition coefficient (Wildman–Crippen LogP) is 1.56. The fourth-order valence-corrected chi connectivity index (χ4v) is 5.28. The molecule has 4 saturated carbocycles. The van der Waals surface area contributed by atoms with Crippen molar-refractivity contribution in [1.29, 1.82) is 0 Å². The highest BCUT2D eigenvalue weighted by Gasteiger charge is 2.67. The van der Waals surface area contributed by atoms with Crippen LogP contribution < -0.4 is 5.32 Å². The van der Waals surface area contributed by atoms with Gasteiger partial charge in [-0.3, -0.25) is 4.79 Å². The van der Waals surface area contributed by atoms with Gasteiger partial charge in [0.2, 0.25) is 5.91 Å². The van der Waals surface area contributed by atoms with E-state index in [0.717, 1.165) is 42.9 Å². The molecule has 0 saturated heterocycles. The SMILES string of the molecule is O=C(NCC1CCCC1O)C1C2C3CCC(C3)C12. The Kier molecular flexibility index (Phi) is 2.48. The van der Waals surface area contributed by atoms with Crippen molar-refractivity contribution < 1.29 is 9.90 Å². The zero-order valence-electron chi connectivity index (χ0n) is 10.8. The van der Waals surface area contributed by atoms with Crippen LogP contribution in [-0.4, -0.2) is 23.7 Å². The third-order valence-electron chi connectivity index (χ3n) is 6.20. The van der Waals surface area contributed by atoms with E-state index in [4.69, 9.17) is 0 Å². The average Bonchev–Trinajstić information content (AvgIpc) is 2.69. The molecule has 0 aromatic heterocycles. The lowest BCUT2D eigenvalue weighted by Gasteiger charge is -2.16. The molecule has 18 heavy (non-hydrogen) atoms. The zero-order chi connectivity index (χ0) is 12.3. The van der Waals surface area contributed by atoms with Crippen LogP contribution in [0.2, 0.25) is 0 Å². The Morgan fingerprint density at radius 3 is 2.44 bits per heavy atom. The molecular formula is C15H23NO2. The maximum Gasteiger partial charge on any atom is 0.223 e. The quantitative estimate of drug-likeness (QED) is 0.797. The number of hydrogen-bond acceptors (Lipinski definition) is 2. The summed E-state index contributed by atoms with van der Waals surface area (Å²) in [5.41, 5.74) is 0. The Balaban J connectivity index is 1.30. The summed E-state index contributed by atoms with van der Waals surface area (Å²) in [7, 11) is 0. The summed E-state index contributed by atoms with van der Waals surface area (Å²) in [5.74, 6) is 4.15. The highest BCUT2D eigenvalue weighted by atomic mass is 16.3. The van der Waals surface area contributed by atoms with Crippen LogP contribution in [0.15, 0.2) is 0 Å². The van der Waals surface area contributed by atoms with Gasteiger partial charge in [-0.15, -0.1) is 0 Å². The number of nitrogens with one attached hydrogen (secondary N) is 1. The van der Waals surface area contributed by atoms with Gasteiger partial charge in [-0.05, 0) is 55.8 Å². The van der Waals surface area contributed by atoms with Crippen LogP contribution in [0.3, 0.4) is 0 Å². The summed E-state index contributed by atoms with van der Waals surface area (Å²) >= 11 is 0. The van der Waals surface area contributed by atoms with Crippen LogP contribution in [0.5, 0.6) is 0 Å². The van der Waals surface area contributed by atoms with E-state index >= 15 is 0 Å². The molecule has 3 heteroatoms. The van der Waals surface area contributed by atoms with Gasteiger partial charge < -0.3 is 10.4 Å². The first kappa shape index (κ1) is 11.3. The van der Waals surface area contributed by atoms with Crippen LogP contribution in [0.25, 0.3) is 0 Å². The van der Waals surface area contributed by atoms with E-state index in [1.54, 1.807) is 0 Å². The van der Waals surface area contributed by atoms with Crippen LogP contribution in [0, 0.1) is 35.5 Å². The molecule has 0 aromatic carbocycles. The topological polar surface area (TPSA) is 49.3 Å². The van der Waals surface area contributed by atoms with Gasteiger partial charge >= 0.3 is 0 Å². The number of amides is 1. The van der Waals surface area contributed by atoms with Gasteiger partial charge in [0.15, 0.2) is 0 Å². The molecule has 0 radical (unpaired) electrons. The van der Waals surface area contributed by atoms with Crippen LogP contribution >= 0.6 is 0 Å². The van der Waals surface area contributed by atoms with Crippen LogP contribution in [0.4, 0.5) is 0 Å². The minimum Gasteiger partial charge on any atom is -0.393 e. The smallest absolute Gasteiger partial charge is 0.223 e. The molecule has 4 aliphatic carbocycles. The molecular weight excluding hydrogens is 226 g/mol. The number of rotatable bonds is 3. The number of aliphatic hydroxyl groups is 1. The molecule has 4 rings (SSSR count). The van der Waals surface area contributed by atoms with Crippen molar-refractivity contribution in [2.75, 3.05) is 6.54 Å². The van der Waals surface area contributed by atoms with Crippen molar-refractivity contribution in [3.63, 3.8) is 0 Å². The Labute approximate surface area is 108 Å². The van der Waals surface area contributed by atoms with E-state index in [-0.39, 0.29) is 6.10 Å². The van der Waals surface area contributed by atoms with Gasteiger partial charge in [0.05, 0.1) is 6.10 Å². The van der Waals surface area contributed by atoms with E-state index in [1.807, 2.05) is 0 Å². The third kappa shape index (κ3) is 1.56. The van der Waals surface area contributed by atoms with Gasteiger partial charge in [0, 0.05) is 18.4 Å². The lowest BCUT2D eigenvalue weighted by Crippen LogP contribution is -2.34. The monoisotopic (exact) mass is 249 g/mol. The molecule has 0 heterocycles. The Bertz CT molecular complexity index is 354. The summed E-state index contributed by atoms with van der Waals surface area (Å²) in [4.78, 5) is 12.2. The third-order valence-corrected chi connectivity index (χ3v) is 6.20. The van der Waals surface area contributed by atoms with E-state index < -0.39 is 0 Å². The van der Waals surface area contributed by atoms with E-state index in [2.05, 4.69) is 5.32 Å². The molecule has 2 bridgehead atoms. The van der Waals surface area contributed by atoms with E-state index in [9.17, 15) is 9.90 Å². The largest absolute Gasteiger partial charge is 0.393 e. The molecule has 100 valence electrons. The Morgan fingerprint density at radius 1 is 1.11 bits per heavy atom. The number of hydrogen-bond donors (Lipinski definition) is 2. The molecule has 6 unspecified atom stereocenters. The lowest BCUT2D eigenvalue weighted by atomic mass is 10.0. The van der Waals surface area contributed by atoms with Crippen molar-refractivity contribution in [3.8, 4) is 0 Å².